The Balaban J connectivity index is 0.000000385. The Morgan fingerprint density at radius 1 is 0.266 bits per heavy atom. The summed E-state index contributed by atoms with van der Waals surface area (Å²) in [5.41, 5.74) is 26.6. The highest BCUT2D eigenvalue weighted by molar-refractivity contribution is 4.90. The molecule has 0 saturated heterocycles. The Morgan fingerprint density at radius 2 is 0.422 bits per heavy atom. The molecule has 4 heteroatoms. The summed E-state index contributed by atoms with van der Waals surface area (Å²) in [6.45, 7) is 36.5. The molecule has 6 fully saturated rings. The van der Waals surface area contributed by atoms with Gasteiger partial charge in [-0.2, -0.15) is 0 Å². The van der Waals surface area contributed by atoms with Gasteiger partial charge in [0.25, 0.3) is 0 Å². The Labute approximate surface area is 405 Å². The molecule has 8 N–H and O–H groups in total. The van der Waals surface area contributed by atoms with Crippen LogP contribution >= 0.6 is 0 Å². The molecule has 6 rings (SSSR count). The smallest absolute Gasteiger partial charge is 0.00175 e. The van der Waals surface area contributed by atoms with Crippen LogP contribution in [0.5, 0.6) is 0 Å². The molecule has 64 heavy (non-hydrogen) atoms. The van der Waals surface area contributed by atoms with Crippen LogP contribution in [0.15, 0.2) is 0 Å². The van der Waals surface area contributed by atoms with E-state index >= 15 is 0 Å². The zero-order valence-corrected chi connectivity index (χ0v) is 46.8. The summed E-state index contributed by atoms with van der Waals surface area (Å²) in [5.74, 6) is 4.73. The van der Waals surface area contributed by atoms with Crippen molar-refractivity contribution >= 4 is 0 Å². The van der Waals surface area contributed by atoms with Crippen molar-refractivity contribution in [3.05, 3.63) is 0 Å². The molecule has 0 bridgehead atoms. The minimum absolute atomic E-state index is 0.382. The van der Waals surface area contributed by atoms with Crippen LogP contribution in [0.2, 0.25) is 0 Å². The summed E-state index contributed by atoms with van der Waals surface area (Å²) >= 11 is 0. The first kappa shape index (κ1) is 61.9. The zero-order chi connectivity index (χ0) is 48.5. The summed E-state index contributed by atoms with van der Waals surface area (Å²) in [6, 6.07) is 0. The van der Waals surface area contributed by atoms with E-state index in [2.05, 4.69) is 96.9 Å². The van der Waals surface area contributed by atoms with Crippen molar-refractivity contribution in [2.45, 2.75) is 290 Å². The topological polar surface area (TPSA) is 104 Å². The standard InChI is InChI=1S/2C10H22N2.4C10H20/c2*1-9(7-11)10(8-12)5-3-2-4-6-10;4*1-9(2)10(3)7-5-4-6-8-10/h2*9H,2-8,11-12H2,1H3;4*9H,4-8H2,1-3H3. The molecule has 6 aliphatic carbocycles. The maximum absolute atomic E-state index is 5.86. The first-order chi connectivity index (χ1) is 30.1. The monoisotopic (exact) mass is 901 g/mol. The molecule has 0 heterocycles. The molecule has 0 aromatic carbocycles. The van der Waals surface area contributed by atoms with E-state index in [1.807, 2.05) is 0 Å². The highest BCUT2D eigenvalue weighted by Crippen LogP contribution is 2.45. The fourth-order valence-electron chi connectivity index (χ4n) is 12.6. The summed E-state index contributed by atoms with van der Waals surface area (Å²) in [7, 11) is 0. The minimum Gasteiger partial charge on any atom is -0.330 e. The molecule has 0 aromatic heterocycles. The number of hydrogen-bond donors (Lipinski definition) is 4. The lowest BCUT2D eigenvalue weighted by atomic mass is 9.66. The van der Waals surface area contributed by atoms with Crippen LogP contribution in [-0.2, 0) is 0 Å². The van der Waals surface area contributed by atoms with Crippen molar-refractivity contribution in [3.63, 3.8) is 0 Å². The molecule has 0 aromatic rings. The molecule has 0 spiro atoms. The third-order valence-electron chi connectivity index (χ3n) is 20.9. The van der Waals surface area contributed by atoms with Crippen LogP contribution in [0.4, 0.5) is 0 Å². The lowest BCUT2D eigenvalue weighted by Crippen LogP contribution is -2.41. The van der Waals surface area contributed by atoms with Crippen LogP contribution in [-0.4, -0.2) is 26.2 Å². The quantitative estimate of drug-likeness (QED) is 0.175. The van der Waals surface area contributed by atoms with Crippen LogP contribution < -0.4 is 22.9 Å². The largest absolute Gasteiger partial charge is 0.330 e. The van der Waals surface area contributed by atoms with Crippen LogP contribution in [0.25, 0.3) is 0 Å². The highest BCUT2D eigenvalue weighted by Gasteiger charge is 2.37. The van der Waals surface area contributed by atoms with Gasteiger partial charge in [0, 0.05) is 0 Å². The average Bonchev–Trinajstić information content (AvgIpc) is 3.31. The Morgan fingerprint density at radius 3 is 0.531 bits per heavy atom. The van der Waals surface area contributed by atoms with Crippen molar-refractivity contribution in [2.24, 2.45) is 90.9 Å². The minimum atomic E-state index is 0.382. The predicted octanol–water partition coefficient (Wildman–Crippen LogP) is 17.4. The van der Waals surface area contributed by atoms with E-state index in [4.69, 9.17) is 22.9 Å². The van der Waals surface area contributed by atoms with Gasteiger partial charge in [0.05, 0.1) is 0 Å². The van der Waals surface area contributed by atoms with Crippen molar-refractivity contribution < 1.29 is 0 Å². The predicted molar refractivity (Wildman–Crippen MR) is 290 cm³/mol. The lowest BCUT2D eigenvalue weighted by Gasteiger charge is -2.41. The van der Waals surface area contributed by atoms with Gasteiger partial charge in [0.2, 0.25) is 0 Å². The molecule has 6 aliphatic rings. The lowest BCUT2D eigenvalue weighted by molar-refractivity contribution is 0.121. The van der Waals surface area contributed by atoms with Crippen molar-refractivity contribution in [3.8, 4) is 0 Å². The number of hydrogen-bond acceptors (Lipinski definition) is 4. The van der Waals surface area contributed by atoms with Crippen LogP contribution in [0.1, 0.15) is 290 Å². The van der Waals surface area contributed by atoms with E-state index in [0.29, 0.717) is 44.3 Å². The fourth-order valence-corrected chi connectivity index (χ4v) is 12.6. The second-order valence-corrected chi connectivity index (χ2v) is 26.0. The maximum atomic E-state index is 5.86. The molecule has 2 unspecified atom stereocenters. The molecule has 0 aliphatic heterocycles. The van der Waals surface area contributed by atoms with Gasteiger partial charge in [-0.15, -0.1) is 0 Å². The van der Waals surface area contributed by atoms with Crippen LogP contribution in [0, 0.1) is 68.0 Å². The second kappa shape index (κ2) is 31.1. The van der Waals surface area contributed by atoms with Gasteiger partial charge < -0.3 is 22.9 Å². The molecule has 0 radical (unpaired) electrons. The molecular formula is C60H124N4. The van der Waals surface area contributed by atoms with Crippen LogP contribution in [0.3, 0.4) is 0 Å². The number of nitrogens with two attached hydrogens (primary N) is 4. The Kier molecular flexibility index (Phi) is 30.1. The molecule has 4 nitrogen and oxygen atoms in total. The van der Waals surface area contributed by atoms with E-state index < -0.39 is 0 Å². The molecular weight excluding hydrogens is 777 g/mol. The Bertz CT molecular complexity index is 958. The highest BCUT2D eigenvalue weighted by atomic mass is 14.7. The van der Waals surface area contributed by atoms with Gasteiger partial charge in [0.1, 0.15) is 0 Å². The normalized spacial score (nSPS) is 25.2. The first-order valence-corrected chi connectivity index (χ1v) is 28.9. The molecule has 384 valence electrons. The molecule has 0 amide bonds. The van der Waals surface area contributed by atoms with Crippen molar-refractivity contribution in [1.82, 2.24) is 0 Å². The maximum Gasteiger partial charge on any atom is -0.00175 e. The van der Waals surface area contributed by atoms with E-state index in [-0.39, 0.29) is 0 Å². The van der Waals surface area contributed by atoms with Gasteiger partial charge in [-0.1, -0.05) is 213 Å². The van der Waals surface area contributed by atoms with Gasteiger partial charge >= 0.3 is 0 Å². The van der Waals surface area contributed by atoms with Gasteiger partial charge in [-0.25, -0.2) is 0 Å². The van der Waals surface area contributed by atoms with E-state index in [1.54, 1.807) is 0 Å². The van der Waals surface area contributed by atoms with Gasteiger partial charge in [-0.05, 0) is 171 Å². The number of rotatable bonds is 10. The Hall–Kier alpha value is -0.160. The SMILES string of the molecule is CC(C)C1(C)CCCCC1.CC(C)C1(C)CCCCC1.CC(C)C1(C)CCCCC1.CC(C)C1(C)CCCCC1.CC(CN)C1(CN)CCCCC1.CC(CN)C1(CN)CCCCC1. The summed E-state index contributed by atoms with van der Waals surface area (Å²) < 4.78 is 0. The third-order valence-corrected chi connectivity index (χ3v) is 20.9. The first-order valence-electron chi connectivity index (χ1n) is 28.9. The second-order valence-electron chi connectivity index (χ2n) is 26.0. The average molecular weight is 902 g/mol. The van der Waals surface area contributed by atoms with E-state index in [9.17, 15) is 0 Å². The zero-order valence-electron chi connectivity index (χ0n) is 46.8. The summed E-state index contributed by atoms with van der Waals surface area (Å²) in [5, 5.41) is 0. The van der Waals surface area contributed by atoms with E-state index in [0.717, 1.165) is 49.9 Å². The fraction of sp³-hybridized carbons (Fsp3) is 1.00. The summed E-state index contributed by atoms with van der Waals surface area (Å²) in [6.07, 6.45) is 42.7. The third kappa shape index (κ3) is 20.4. The van der Waals surface area contributed by atoms with Crippen molar-refractivity contribution in [2.75, 3.05) is 26.2 Å². The van der Waals surface area contributed by atoms with Gasteiger partial charge in [0.15, 0.2) is 0 Å². The molecule has 2 atom stereocenters. The van der Waals surface area contributed by atoms with Gasteiger partial charge in [-0.3, -0.25) is 0 Å². The molecule has 6 saturated carbocycles. The van der Waals surface area contributed by atoms with Crippen molar-refractivity contribution in [1.29, 1.82) is 0 Å². The summed E-state index contributed by atoms with van der Waals surface area (Å²) in [4.78, 5) is 0. The van der Waals surface area contributed by atoms with E-state index in [1.165, 1.54) is 193 Å².